The van der Waals surface area contributed by atoms with Crippen molar-refractivity contribution in [3.8, 4) is 0 Å². The van der Waals surface area contributed by atoms with E-state index in [1.807, 2.05) is 13.8 Å². The highest BCUT2D eigenvalue weighted by atomic mass is 32.1. The van der Waals surface area contributed by atoms with Gasteiger partial charge in [0.25, 0.3) is 0 Å². The molecule has 1 saturated heterocycles. The lowest BCUT2D eigenvalue weighted by Gasteiger charge is -2.38. The van der Waals surface area contributed by atoms with Gasteiger partial charge in [-0.05, 0) is 13.8 Å². The van der Waals surface area contributed by atoms with Gasteiger partial charge in [0.1, 0.15) is 5.01 Å². The van der Waals surface area contributed by atoms with Crippen LogP contribution in [0.4, 0.5) is 4.79 Å². The van der Waals surface area contributed by atoms with E-state index in [4.69, 9.17) is 5.11 Å². The minimum Gasteiger partial charge on any atom is -0.481 e. The zero-order valence-electron chi connectivity index (χ0n) is 10.9. The van der Waals surface area contributed by atoms with Gasteiger partial charge in [-0.3, -0.25) is 4.79 Å². The Morgan fingerprint density at radius 3 is 2.84 bits per heavy atom. The Kier molecular flexibility index (Phi) is 4.04. The van der Waals surface area contributed by atoms with Gasteiger partial charge in [-0.1, -0.05) is 0 Å². The number of carbonyl (C=O) groups excluding carboxylic acids is 1. The van der Waals surface area contributed by atoms with Gasteiger partial charge in [0.05, 0.1) is 12.5 Å². The number of rotatable bonds is 4. The van der Waals surface area contributed by atoms with E-state index in [0.29, 0.717) is 13.1 Å². The van der Waals surface area contributed by atoms with Crippen molar-refractivity contribution < 1.29 is 14.7 Å². The standard InChI is InChI=1S/C12H17N3O3S/c1-7-4-13-11(19-7)8(2)14-12(18)15-5-9(6-15)3-10(16)17/h4,8-9H,3,5-6H2,1-2H3,(H,14,18)(H,16,17). The van der Waals surface area contributed by atoms with Crippen LogP contribution in [-0.4, -0.2) is 40.1 Å². The summed E-state index contributed by atoms with van der Waals surface area (Å²) in [5, 5.41) is 12.4. The van der Waals surface area contributed by atoms with Crippen LogP contribution in [0, 0.1) is 12.8 Å². The summed E-state index contributed by atoms with van der Waals surface area (Å²) in [6, 6.07) is -0.272. The second-order valence-electron chi connectivity index (χ2n) is 4.85. The number of carboxylic acid groups (broad SMARTS) is 1. The maximum atomic E-state index is 11.9. The molecule has 0 saturated carbocycles. The summed E-state index contributed by atoms with van der Waals surface area (Å²) in [6.45, 7) is 4.90. The first-order valence-corrected chi connectivity index (χ1v) is 6.97. The first-order chi connectivity index (χ1) is 8.95. The third-order valence-corrected chi connectivity index (χ3v) is 4.15. The van der Waals surface area contributed by atoms with Crippen LogP contribution in [0.1, 0.15) is 29.3 Å². The van der Waals surface area contributed by atoms with Crippen LogP contribution in [0.5, 0.6) is 0 Å². The van der Waals surface area contributed by atoms with Crippen LogP contribution in [0.2, 0.25) is 0 Å². The highest BCUT2D eigenvalue weighted by Crippen LogP contribution is 2.22. The highest BCUT2D eigenvalue weighted by Gasteiger charge is 2.32. The lowest BCUT2D eigenvalue weighted by atomic mass is 9.97. The zero-order valence-corrected chi connectivity index (χ0v) is 11.7. The number of carboxylic acids is 1. The van der Waals surface area contributed by atoms with Crippen LogP contribution in [0.15, 0.2) is 6.20 Å². The number of amides is 2. The first-order valence-electron chi connectivity index (χ1n) is 6.15. The van der Waals surface area contributed by atoms with Gasteiger partial charge in [0.15, 0.2) is 0 Å². The quantitative estimate of drug-likeness (QED) is 0.879. The number of likely N-dealkylation sites (tertiary alicyclic amines) is 1. The van der Waals surface area contributed by atoms with E-state index < -0.39 is 5.97 Å². The lowest BCUT2D eigenvalue weighted by Crippen LogP contribution is -2.54. The molecule has 1 aromatic heterocycles. The van der Waals surface area contributed by atoms with Gasteiger partial charge < -0.3 is 15.3 Å². The van der Waals surface area contributed by atoms with Gasteiger partial charge in [0.2, 0.25) is 0 Å². The van der Waals surface area contributed by atoms with Crippen molar-refractivity contribution in [2.24, 2.45) is 5.92 Å². The largest absolute Gasteiger partial charge is 0.481 e. The number of aromatic nitrogens is 1. The number of nitrogens with one attached hydrogen (secondary N) is 1. The molecule has 1 aliphatic heterocycles. The SMILES string of the molecule is Cc1cnc(C(C)NC(=O)N2CC(CC(=O)O)C2)s1. The fourth-order valence-electron chi connectivity index (χ4n) is 2.02. The van der Waals surface area contributed by atoms with Crippen molar-refractivity contribution in [2.75, 3.05) is 13.1 Å². The van der Waals surface area contributed by atoms with Crippen molar-refractivity contribution in [1.29, 1.82) is 0 Å². The molecule has 1 aromatic rings. The number of aryl methyl sites for hydroxylation is 1. The van der Waals surface area contributed by atoms with Crippen LogP contribution in [0.25, 0.3) is 0 Å². The molecule has 2 rings (SSSR count). The molecule has 1 unspecified atom stereocenters. The van der Waals surface area contributed by atoms with E-state index in [1.165, 1.54) is 0 Å². The van der Waals surface area contributed by atoms with Crippen molar-refractivity contribution in [1.82, 2.24) is 15.2 Å². The summed E-state index contributed by atoms with van der Waals surface area (Å²) in [7, 11) is 0. The van der Waals surface area contributed by atoms with Crippen molar-refractivity contribution in [3.05, 3.63) is 16.1 Å². The molecule has 19 heavy (non-hydrogen) atoms. The third kappa shape index (κ3) is 3.44. The fourth-order valence-corrected chi connectivity index (χ4v) is 2.80. The molecule has 1 fully saturated rings. The topological polar surface area (TPSA) is 82.5 Å². The van der Waals surface area contributed by atoms with E-state index in [-0.39, 0.29) is 24.4 Å². The second-order valence-corrected chi connectivity index (χ2v) is 6.12. The Hall–Kier alpha value is -1.63. The molecule has 2 amide bonds. The minimum absolute atomic E-state index is 0.0839. The molecule has 104 valence electrons. The van der Waals surface area contributed by atoms with E-state index >= 15 is 0 Å². The molecule has 6 nitrogen and oxygen atoms in total. The normalized spacial score (nSPS) is 16.8. The van der Waals surface area contributed by atoms with Crippen molar-refractivity contribution >= 4 is 23.3 Å². The van der Waals surface area contributed by atoms with Crippen molar-refractivity contribution in [3.63, 3.8) is 0 Å². The molecular formula is C12H17N3O3S. The number of urea groups is 1. The number of nitrogens with zero attached hydrogens (tertiary/aromatic N) is 2. The Bertz CT molecular complexity index is 482. The van der Waals surface area contributed by atoms with E-state index in [0.717, 1.165) is 9.88 Å². The predicted molar refractivity (Wildman–Crippen MR) is 71.1 cm³/mol. The average molecular weight is 283 g/mol. The molecule has 2 N–H and O–H groups in total. The number of hydrogen-bond acceptors (Lipinski definition) is 4. The molecule has 0 radical (unpaired) electrons. The van der Waals surface area contributed by atoms with E-state index in [9.17, 15) is 9.59 Å². The van der Waals surface area contributed by atoms with Crippen LogP contribution in [-0.2, 0) is 4.79 Å². The van der Waals surface area contributed by atoms with Crippen LogP contribution >= 0.6 is 11.3 Å². The molecule has 1 aliphatic rings. The van der Waals surface area contributed by atoms with E-state index in [2.05, 4.69) is 10.3 Å². The fraction of sp³-hybridized carbons (Fsp3) is 0.583. The Morgan fingerprint density at radius 1 is 1.63 bits per heavy atom. The third-order valence-electron chi connectivity index (χ3n) is 3.06. The summed E-state index contributed by atoms with van der Waals surface area (Å²) >= 11 is 1.56. The molecule has 0 aromatic carbocycles. The van der Waals surface area contributed by atoms with Gasteiger partial charge in [0, 0.05) is 30.1 Å². The molecule has 2 heterocycles. The monoisotopic (exact) mass is 283 g/mol. The van der Waals surface area contributed by atoms with E-state index in [1.54, 1.807) is 22.4 Å². The number of hydrogen-bond donors (Lipinski definition) is 2. The Morgan fingerprint density at radius 2 is 2.32 bits per heavy atom. The molecule has 0 bridgehead atoms. The van der Waals surface area contributed by atoms with Gasteiger partial charge >= 0.3 is 12.0 Å². The molecule has 7 heteroatoms. The van der Waals surface area contributed by atoms with Crippen molar-refractivity contribution in [2.45, 2.75) is 26.3 Å². The summed E-state index contributed by atoms with van der Waals surface area (Å²) in [4.78, 5) is 29.4. The summed E-state index contributed by atoms with van der Waals surface area (Å²) < 4.78 is 0. The molecular weight excluding hydrogens is 266 g/mol. The maximum absolute atomic E-state index is 11.9. The minimum atomic E-state index is -0.809. The zero-order chi connectivity index (χ0) is 14.0. The average Bonchev–Trinajstić information content (AvgIpc) is 2.69. The van der Waals surface area contributed by atoms with Crippen LogP contribution in [0.3, 0.4) is 0 Å². The first kappa shape index (κ1) is 13.8. The summed E-state index contributed by atoms with van der Waals surface area (Å²) in [6.07, 6.45) is 1.92. The van der Waals surface area contributed by atoms with Gasteiger partial charge in [-0.25, -0.2) is 9.78 Å². The summed E-state index contributed by atoms with van der Waals surface area (Å²) in [5.74, 6) is -0.725. The van der Waals surface area contributed by atoms with Gasteiger partial charge in [-0.15, -0.1) is 11.3 Å². The highest BCUT2D eigenvalue weighted by molar-refractivity contribution is 7.11. The lowest BCUT2D eigenvalue weighted by molar-refractivity contribution is -0.139. The number of carbonyl (C=O) groups is 2. The predicted octanol–water partition coefficient (Wildman–Crippen LogP) is 1.63. The summed E-state index contributed by atoms with van der Waals surface area (Å²) in [5.41, 5.74) is 0. The molecule has 0 aliphatic carbocycles. The van der Waals surface area contributed by atoms with Gasteiger partial charge in [-0.2, -0.15) is 0 Å². The number of thiazole rings is 1. The Balaban J connectivity index is 1.78. The maximum Gasteiger partial charge on any atom is 0.317 e. The second kappa shape index (κ2) is 5.56. The molecule has 1 atom stereocenters. The number of aliphatic carboxylic acids is 1. The Labute approximate surface area is 115 Å². The smallest absolute Gasteiger partial charge is 0.317 e. The molecule has 0 spiro atoms. The van der Waals surface area contributed by atoms with Crippen LogP contribution < -0.4 is 5.32 Å².